The molecule has 2 unspecified atom stereocenters. The van der Waals surface area contributed by atoms with Crippen LogP contribution in [0.1, 0.15) is 38.5 Å². The molecule has 4 fully saturated rings. The Kier molecular flexibility index (Phi) is 8.33. The molecule has 0 heterocycles. The maximum absolute atomic E-state index is 14.4. The highest BCUT2D eigenvalue weighted by molar-refractivity contribution is 5.77. The van der Waals surface area contributed by atoms with Crippen LogP contribution in [0.15, 0.2) is 0 Å². The molecule has 0 aliphatic heterocycles. The molecule has 4 aliphatic rings. The third-order valence-corrected chi connectivity index (χ3v) is 7.23. The minimum absolute atomic E-state index is 0.00471. The molecular formula is C20H17F17O5. The zero-order valence-electron chi connectivity index (χ0n) is 20.1. The van der Waals surface area contributed by atoms with Gasteiger partial charge in [-0.2, -0.15) is 74.6 Å². The summed E-state index contributed by atoms with van der Waals surface area (Å²) in [5.74, 6) is -17.2. The lowest BCUT2D eigenvalue weighted by Crippen LogP contribution is -2.67. The fourth-order valence-corrected chi connectivity index (χ4v) is 5.76. The fourth-order valence-electron chi connectivity index (χ4n) is 5.76. The summed E-state index contributed by atoms with van der Waals surface area (Å²) >= 11 is 0. The van der Waals surface area contributed by atoms with Crippen molar-refractivity contribution in [3.05, 3.63) is 0 Å². The van der Waals surface area contributed by atoms with Crippen LogP contribution in [0.5, 0.6) is 0 Å². The largest absolute Gasteiger partial charge is 0.478 e. The molecule has 0 aromatic heterocycles. The fraction of sp³-hybridized carbons (Fsp3) is 0.950. The van der Waals surface area contributed by atoms with E-state index in [-0.39, 0.29) is 37.0 Å². The molecule has 0 saturated heterocycles. The quantitative estimate of drug-likeness (QED) is 0.138. The van der Waals surface area contributed by atoms with Gasteiger partial charge in [0.05, 0.1) is 5.41 Å². The Labute approximate surface area is 222 Å². The average molecular weight is 660 g/mol. The molecule has 42 heavy (non-hydrogen) atoms. The first-order chi connectivity index (χ1) is 18.5. The number of esters is 1. The summed E-state index contributed by atoms with van der Waals surface area (Å²) in [5, 5.41) is 0. The van der Waals surface area contributed by atoms with Crippen LogP contribution in [-0.4, -0.2) is 61.3 Å². The summed E-state index contributed by atoms with van der Waals surface area (Å²) in [6, 6.07) is -6.69. The van der Waals surface area contributed by atoms with E-state index in [2.05, 4.69) is 9.47 Å². The molecule has 0 aromatic rings. The van der Waals surface area contributed by atoms with E-state index < -0.39 is 66.7 Å². The molecule has 4 aliphatic carbocycles. The molecule has 0 amide bonds. The van der Waals surface area contributed by atoms with Crippen molar-refractivity contribution in [2.75, 3.05) is 6.79 Å². The number of carbonyl (C=O) groups excluding carboxylic acids is 1. The summed E-state index contributed by atoms with van der Waals surface area (Å²) in [4.78, 5) is 12.6. The Morgan fingerprint density at radius 3 is 1.38 bits per heavy atom. The topological polar surface area (TPSA) is 54.0 Å². The Balaban J connectivity index is 1.83. The average Bonchev–Trinajstić information content (AvgIpc) is 2.75. The SMILES string of the molecule is O=C(OCOC(F)(OC(F)(F)C(F)(OC(F)(F)C(F)(F)C(F)(F)F)C(F)(F)F)C(F)(F)F)C12CC3CC(CC(C3)C1)C2. The predicted molar refractivity (Wildman–Crippen MR) is 95.5 cm³/mol. The van der Waals surface area contributed by atoms with Crippen molar-refractivity contribution in [1.29, 1.82) is 0 Å². The molecule has 4 saturated carbocycles. The molecule has 0 spiro atoms. The first kappa shape index (κ1) is 34.6. The van der Waals surface area contributed by atoms with E-state index in [0.717, 1.165) is 0 Å². The highest BCUT2D eigenvalue weighted by Gasteiger charge is 2.85. The van der Waals surface area contributed by atoms with Gasteiger partial charge in [-0.25, -0.2) is 4.74 Å². The first-order valence-corrected chi connectivity index (χ1v) is 11.5. The minimum atomic E-state index is -8.01. The summed E-state index contributed by atoms with van der Waals surface area (Å²) in [6.07, 6.45) is -35.7. The molecule has 4 rings (SSSR count). The molecule has 4 bridgehead atoms. The van der Waals surface area contributed by atoms with Gasteiger partial charge in [0.15, 0.2) is 6.79 Å². The van der Waals surface area contributed by atoms with Gasteiger partial charge in [0.2, 0.25) is 0 Å². The monoisotopic (exact) mass is 660 g/mol. The van der Waals surface area contributed by atoms with E-state index >= 15 is 0 Å². The van der Waals surface area contributed by atoms with Crippen LogP contribution in [-0.2, 0) is 23.7 Å². The number of carbonyl (C=O) groups is 1. The number of hydrogen-bond acceptors (Lipinski definition) is 5. The van der Waals surface area contributed by atoms with E-state index in [1.807, 2.05) is 4.74 Å². The molecule has 22 heteroatoms. The number of rotatable bonds is 10. The molecule has 0 radical (unpaired) electrons. The Morgan fingerprint density at radius 1 is 0.595 bits per heavy atom. The van der Waals surface area contributed by atoms with Gasteiger partial charge in [0, 0.05) is 0 Å². The van der Waals surface area contributed by atoms with Crippen LogP contribution >= 0.6 is 0 Å². The van der Waals surface area contributed by atoms with Crippen LogP contribution in [0, 0.1) is 23.2 Å². The number of ether oxygens (including phenoxy) is 4. The molecule has 5 nitrogen and oxygen atoms in total. The molecule has 2 atom stereocenters. The molecule has 0 N–H and O–H groups in total. The van der Waals surface area contributed by atoms with E-state index in [1.54, 1.807) is 0 Å². The van der Waals surface area contributed by atoms with Crippen molar-refractivity contribution in [2.24, 2.45) is 23.2 Å². The normalized spacial score (nSPS) is 30.2. The number of hydrogen-bond donors (Lipinski definition) is 0. The summed E-state index contributed by atoms with van der Waals surface area (Å²) < 4.78 is 235. The minimum Gasteiger partial charge on any atom is -0.438 e. The van der Waals surface area contributed by atoms with E-state index in [0.29, 0.717) is 19.3 Å². The second-order valence-electron chi connectivity index (χ2n) is 10.3. The van der Waals surface area contributed by atoms with Crippen molar-refractivity contribution >= 4 is 5.97 Å². The smallest absolute Gasteiger partial charge is 0.438 e. The van der Waals surface area contributed by atoms with Crippen LogP contribution in [0.25, 0.3) is 0 Å². The van der Waals surface area contributed by atoms with Gasteiger partial charge in [-0.15, -0.1) is 0 Å². The van der Waals surface area contributed by atoms with E-state index in [9.17, 15) is 79.4 Å². The van der Waals surface area contributed by atoms with Gasteiger partial charge in [-0.3, -0.25) is 14.3 Å². The molecule has 246 valence electrons. The van der Waals surface area contributed by atoms with Gasteiger partial charge in [-0.05, 0) is 56.3 Å². The zero-order valence-corrected chi connectivity index (χ0v) is 20.1. The van der Waals surface area contributed by atoms with Crippen molar-refractivity contribution < 1.29 is 98.4 Å². The van der Waals surface area contributed by atoms with Crippen LogP contribution < -0.4 is 0 Å². The van der Waals surface area contributed by atoms with Gasteiger partial charge >= 0.3 is 54.5 Å². The molecule has 0 aromatic carbocycles. The number of halogens is 17. The maximum atomic E-state index is 14.4. The van der Waals surface area contributed by atoms with Crippen LogP contribution in [0.2, 0.25) is 0 Å². The lowest BCUT2D eigenvalue weighted by molar-refractivity contribution is -0.575. The van der Waals surface area contributed by atoms with E-state index in [4.69, 9.17) is 0 Å². The molecular weight excluding hydrogens is 643 g/mol. The summed E-state index contributed by atoms with van der Waals surface area (Å²) in [5.41, 5.74) is -1.31. The number of alkyl halides is 17. The second-order valence-corrected chi connectivity index (χ2v) is 10.3. The first-order valence-electron chi connectivity index (χ1n) is 11.5. The van der Waals surface area contributed by atoms with Crippen LogP contribution in [0.3, 0.4) is 0 Å². The summed E-state index contributed by atoms with van der Waals surface area (Å²) in [6.45, 7) is -2.36. The second kappa shape index (κ2) is 10.1. The third-order valence-electron chi connectivity index (χ3n) is 7.23. The van der Waals surface area contributed by atoms with Gasteiger partial charge in [-0.1, -0.05) is 0 Å². The lowest BCUT2D eigenvalue weighted by Gasteiger charge is -2.55. The lowest BCUT2D eigenvalue weighted by atomic mass is 9.49. The van der Waals surface area contributed by atoms with Crippen molar-refractivity contribution in [1.82, 2.24) is 0 Å². The van der Waals surface area contributed by atoms with Crippen molar-refractivity contribution in [3.8, 4) is 0 Å². The zero-order chi connectivity index (χ0) is 32.6. The van der Waals surface area contributed by atoms with Crippen molar-refractivity contribution in [2.45, 2.75) is 87.1 Å². The van der Waals surface area contributed by atoms with E-state index in [1.165, 1.54) is 4.74 Å². The highest BCUT2D eigenvalue weighted by atomic mass is 19.4. The Bertz CT molecular complexity index is 987. The predicted octanol–water partition coefficient (Wildman–Crippen LogP) is 7.55. The van der Waals surface area contributed by atoms with Gasteiger partial charge in [0.1, 0.15) is 0 Å². The highest BCUT2D eigenvalue weighted by Crippen LogP contribution is 2.61. The Hall–Kier alpha value is -1.84. The summed E-state index contributed by atoms with van der Waals surface area (Å²) in [7, 11) is 0. The van der Waals surface area contributed by atoms with Gasteiger partial charge in [0.25, 0.3) is 0 Å². The van der Waals surface area contributed by atoms with Crippen molar-refractivity contribution in [3.63, 3.8) is 0 Å². The Morgan fingerprint density at radius 2 is 1.02 bits per heavy atom. The van der Waals surface area contributed by atoms with Crippen LogP contribution in [0.4, 0.5) is 74.6 Å². The maximum Gasteiger partial charge on any atom is 0.478 e. The standard InChI is InChI=1S/C20H17F17O5/c21-13(22,15(24,25)26)18(33,34)41-14(23,16(27,28)29)19(35,36)42-20(37,17(30,31)32)40-7-39-11(38)12-4-8-1-9(5-12)3-10(2-8)6-12/h8-10H,1-7H2. The third kappa shape index (κ3) is 5.82. The van der Waals surface area contributed by atoms with Gasteiger partial charge < -0.3 is 4.74 Å².